The Morgan fingerprint density at radius 1 is 1.28 bits per heavy atom. The van der Waals surface area contributed by atoms with Crippen molar-refractivity contribution in [1.82, 2.24) is 24.8 Å². The van der Waals surface area contributed by atoms with Crippen molar-refractivity contribution in [3.05, 3.63) is 36.5 Å². The topological polar surface area (TPSA) is 77.7 Å². The van der Waals surface area contributed by atoms with E-state index < -0.39 is 18.1 Å². The van der Waals surface area contributed by atoms with Gasteiger partial charge in [-0.05, 0) is 25.0 Å². The third-order valence-electron chi connectivity index (χ3n) is 4.43. The molecular formula is C16H14F3N5O. The zero-order valence-corrected chi connectivity index (χ0v) is 13.0. The number of fused-ring (bicyclic) bond motifs is 1. The van der Waals surface area contributed by atoms with E-state index >= 15 is 0 Å². The predicted octanol–water partition coefficient (Wildman–Crippen LogP) is 3.12. The highest BCUT2D eigenvalue weighted by Gasteiger charge is 2.48. The van der Waals surface area contributed by atoms with E-state index in [1.54, 1.807) is 18.5 Å². The van der Waals surface area contributed by atoms with Crippen LogP contribution in [0.2, 0.25) is 0 Å². The number of alkyl halides is 3. The maximum Gasteiger partial charge on any atom is 0.408 e. The maximum absolute atomic E-state index is 13.1. The van der Waals surface area contributed by atoms with Crippen LogP contribution in [0.4, 0.5) is 13.2 Å². The molecule has 1 unspecified atom stereocenters. The lowest BCUT2D eigenvalue weighted by atomic mass is 10.1. The molecule has 2 N–H and O–H groups in total. The molecule has 1 amide bonds. The number of carbonyl (C=O) groups excluding carboxylic acids is 1. The van der Waals surface area contributed by atoms with Gasteiger partial charge < -0.3 is 14.9 Å². The number of hydrogen-bond acceptors (Lipinski definition) is 3. The van der Waals surface area contributed by atoms with Gasteiger partial charge in [-0.25, -0.2) is 9.97 Å². The quantitative estimate of drug-likeness (QED) is 0.746. The molecule has 0 bridgehead atoms. The lowest BCUT2D eigenvalue weighted by Crippen LogP contribution is -2.44. The van der Waals surface area contributed by atoms with Crippen LogP contribution in [-0.2, 0) is 0 Å². The molecule has 1 atom stereocenters. The van der Waals surface area contributed by atoms with Gasteiger partial charge in [-0.2, -0.15) is 13.2 Å². The van der Waals surface area contributed by atoms with E-state index in [9.17, 15) is 18.0 Å². The summed E-state index contributed by atoms with van der Waals surface area (Å²) in [6.45, 7) is 0.104. The first-order valence-electron chi connectivity index (χ1n) is 7.80. The fourth-order valence-corrected chi connectivity index (χ4v) is 3.26. The van der Waals surface area contributed by atoms with Crippen molar-refractivity contribution in [3.8, 4) is 11.3 Å². The highest BCUT2D eigenvalue weighted by molar-refractivity contribution is 5.96. The number of amides is 1. The predicted molar refractivity (Wildman–Crippen MR) is 83.8 cm³/mol. The van der Waals surface area contributed by atoms with Crippen LogP contribution in [0, 0.1) is 0 Å². The standard InChI is InChI=1S/C16H14F3N5O/c17-16(18,19)12-2-1-5-24(12)15(25)11-6-9(7-21-11)13-10-3-4-20-14(10)23-8-22-13/h3-4,6-8,12,21H,1-2,5H2,(H,20,22,23). The van der Waals surface area contributed by atoms with E-state index in [1.165, 1.54) is 12.4 Å². The Hall–Kier alpha value is -2.84. The number of halogens is 3. The molecule has 4 heterocycles. The molecule has 1 aliphatic rings. The van der Waals surface area contributed by atoms with Gasteiger partial charge >= 0.3 is 6.18 Å². The van der Waals surface area contributed by atoms with Crippen molar-refractivity contribution < 1.29 is 18.0 Å². The molecule has 0 aromatic carbocycles. The second-order valence-electron chi connectivity index (χ2n) is 5.96. The SMILES string of the molecule is O=C(c1cc(-c2ncnc3[nH]ccc23)c[nH]1)N1CCCC1C(F)(F)F. The van der Waals surface area contributed by atoms with Crippen LogP contribution in [-0.4, -0.2) is 49.5 Å². The largest absolute Gasteiger partial charge is 0.408 e. The van der Waals surface area contributed by atoms with Crippen LogP contribution in [0.25, 0.3) is 22.3 Å². The van der Waals surface area contributed by atoms with Gasteiger partial charge in [-0.3, -0.25) is 4.79 Å². The van der Waals surface area contributed by atoms with E-state index in [2.05, 4.69) is 19.9 Å². The average molecular weight is 349 g/mol. The van der Waals surface area contributed by atoms with Gasteiger partial charge in [0.25, 0.3) is 5.91 Å². The summed E-state index contributed by atoms with van der Waals surface area (Å²) in [6, 6.07) is 1.62. The average Bonchev–Trinajstić information content (AvgIpc) is 3.30. The summed E-state index contributed by atoms with van der Waals surface area (Å²) in [5.74, 6) is -0.648. The molecule has 0 radical (unpaired) electrons. The minimum Gasteiger partial charge on any atom is -0.357 e. The maximum atomic E-state index is 13.1. The Bertz CT molecular complexity index is 929. The first kappa shape index (κ1) is 15.7. The van der Waals surface area contributed by atoms with Gasteiger partial charge in [-0.15, -0.1) is 0 Å². The number of nitrogens with one attached hydrogen (secondary N) is 2. The van der Waals surface area contributed by atoms with Gasteiger partial charge in [0.1, 0.15) is 23.7 Å². The van der Waals surface area contributed by atoms with Crippen molar-refractivity contribution >= 4 is 16.9 Å². The van der Waals surface area contributed by atoms with Crippen LogP contribution in [0.15, 0.2) is 30.9 Å². The van der Waals surface area contributed by atoms with Crippen molar-refractivity contribution in [2.45, 2.75) is 25.1 Å². The Kier molecular flexibility index (Phi) is 3.52. The van der Waals surface area contributed by atoms with Crippen LogP contribution in [0.1, 0.15) is 23.3 Å². The molecule has 3 aromatic rings. The fraction of sp³-hybridized carbons (Fsp3) is 0.312. The number of carbonyl (C=O) groups is 1. The van der Waals surface area contributed by atoms with Crippen molar-refractivity contribution in [2.24, 2.45) is 0 Å². The molecule has 1 fully saturated rings. The van der Waals surface area contributed by atoms with Crippen molar-refractivity contribution in [2.75, 3.05) is 6.54 Å². The molecule has 4 rings (SSSR count). The van der Waals surface area contributed by atoms with E-state index in [1.807, 2.05) is 0 Å². The number of nitrogens with zero attached hydrogens (tertiary/aromatic N) is 3. The molecule has 3 aromatic heterocycles. The molecule has 6 nitrogen and oxygen atoms in total. The highest BCUT2D eigenvalue weighted by atomic mass is 19.4. The van der Waals surface area contributed by atoms with E-state index in [0.29, 0.717) is 23.3 Å². The third kappa shape index (κ3) is 2.65. The number of aromatic amines is 2. The van der Waals surface area contributed by atoms with E-state index in [-0.39, 0.29) is 18.7 Å². The summed E-state index contributed by atoms with van der Waals surface area (Å²) in [7, 11) is 0. The Morgan fingerprint density at radius 2 is 2.12 bits per heavy atom. The summed E-state index contributed by atoms with van der Waals surface area (Å²) < 4.78 is 39.2. The minimum absolute atomic E-state index is 0.0569. The zero-order chi connectivity index (χ0) is 17.6. The molecule has 1 saturated heterocycles. The summed E-state index contributed by atoms with van der Waals surface area (Å²) in [5, 5.41) is 0.773. The van der Waals surface area contributed by atoms with Gasteiger partial charge in [0.05, 0.1) is 5.69 Å². The molecule has 130 valence electrons. The number of hydrogen-bond donors (Lipinski definition) is 2. The Labute approximate surface area is 140 Å². The van der Waals surface area contributed by atoms with E-state index in [0.717, 1.165) is 10.3 Å². The molecule has 0 aliphatic carbocycles. The van der Waals surface area contributed by atoms with Crippen molar-refractivity contribution in [1.29, 1.82) is 0 Å². The van der Waals surface area contributed by atoms with E-state index in [4.69, 9.17) is 0 Å². The van der Waals surface area contributed by atoms with Crippen LogP contribution >= 0.6 is 0 Å². The van der Waals surface area contributed by atoms with Crippen molar-refractivity contribution in [3.63, 3.8) is 0 Å². The number of rotatable bonds is 2. The van der Waals surface area contributed by atoms with Crippen LogP contribution in [0.3, 0.4) is 0 Å². The smallest absolute Gasteiger partial charge is 0.357 e. The normalized spacial score (nSPS) is 18.2. The number of aromatic nitrogens is 4. The minimum atomic E-state index is -4.41. The Morgan fingerprint density at radius 3 is 2.92 bits per heavy atom. The Balaban J connectivity index is 1.65. The molecule has 0 spiro atoms. The van der Waals surface area contributed by atoms with Gasteiger partial charge in [0, 0.05) is 29.9 Å². The second kappa shape index (κ2) is 5.61. The summed E-state index contributed by atoms with van der Waals surface area (Å²) in [6.07, 6.45) is 0.562. The molecule has 0 saturated carbocycles. The van der Waals surface area contributed by atoms with Gasteiger partial charge in [0.15, 0.2) is 0 Å². The van der Waals surface area contributed by atoms with Crippen LogP contribution in [0.5, 0.6) is 0 Å². The zero-order valence-electron chi connectivity index (χ0n) is 13.0. The summed E-state index contributed by atoms with van der Waals surface area (Å²) in [4.78, 5) is 27.5. The number of likely N-dealkylation sites (tertiary alicyclic amines) is 1. The van der Waals surface area contributed by atoms with Gasteiger partial charge in [0.2, 0.25) is 0 Å². The van der Waals surface area contributed by atoms with Gasteiger partial charge in [-0.1, -0.05) is 0 Å². The molecular weight excluding hydrogens is 335 g/mol. The third-order valence-corrected chi connectivity index (χ3v) is 4.43. The lowest BCUT2D eigenvalue weighted by Gasteiger charge is -2.26. The van der Waals surface area contributed by atoms with Crippen LogP contribution < -0.4 is 0 Å². The molecule has 9 heteroatoms. The monoisotopic (exact) mass is 349 g/mol. The molecule has 25 heavy (non-hydrogen) atoms. The highest BCUT2D eigenvalue weighted by Crippen LogP contribution is 2.34. The fourth-order valence-electron chi connectivity index (χ4n) is 3.26. The second-order valence-corrected chi connectivity index (χ2v) is 5.96. The summed E-state index contributed by atoms with van der Waals surface area (Å²) >= 11 is 0. The first-order valence-corrected chi connectivity index (χ1v) is 7.80. The number of H-pyrrole nitrogens is 2. The molecule has 1 aliphatic heterocycles. The lowest BCUT2D eigenvalue weighted by molar-refractivity contribution is -0.169. The summed E-state index contributed by atoms with van der Waals surface area (Å²) in [5.41, 5.74) is 2.00. The first-order chi connectivity index (χ1) is 11.9.